The van der Waals surface area contributed by atoms with Crippen LogP contribution in [-0.2, 0) is 14.3 Å². The van der Waals surface area contributed by atoms with Crippen LogP contribution >= 0.6 is 0 Å². The number of carbonyl (C=O) groups is 2. The standard InChI is InChI=1S/C27H36O4/c1-24-12-7-20-25(2)10-6-11-27(4,23(29)30-5)21(25)8-13-26(20,3)22(24)19(28)15-18(24)17-9-14-31-16-17/h9,14-16,20-22H,6-8,10-13H2,1-5H3/t20?,21?,22-,24+,25-,26-,27+/m1/s1. The van der Waals surface area contributed by atoms with Gasteiger partial charge in [0.25, 0.3) is 0 Å². The van der Waals surface area contributed by atoms with E-state index >= 15 is 0 Å². The Balaban J connectivity index is 1.55. The van der Waals surface area contributed by atoms with Crippen molar-refractivity contribution in [3.05, 3.63) is 30.2 Å². The first kappa shape index (κ1) is 21.0. The largest absolute Gasteiger partial charge is 0.472 e. The minimum Gasteiger partial charge on any atom is -0.472 e. The summed E-state index contributed by atoms with van der Waals surface area (Å²) in [5.74, 6) is 1.02. The van der Waals surface area contributed by atoms with Crippen molar-refractivity contribution < 1.29 is 18.7 Å². The lowest BCUT2D eigenvalue weighted by atomic mass is 9.37. The zero-order valence-corrected chi connectivity index (χ0v) is 19.6. The molecule has 1 aromatic rings. The lowest BCUT2D eigenvalue weighted by Gasteiger charge is -2.67. The Bertz CT molecular complexity index is 944. The molecule has 7 atom stereocenters. The van der Waals surface area contributed by atoms with Crippen LogP contribution in [0.5, 0.6) is 0 Å². The first-order valence-corrected chi connectivity index (χ1v) is 12.0. The van der Waals surface area contributed by atoms with E-state index in [4.69, 9.17) is 9.15 Å². The summed E-state index contributed by atoms with van der Waals surface area (Å²) in [6.45, 7) is 9.24. The van der Waals surface area contributed by atoms with E-state index in [0.717, 1.165) is 56.1 Å². The Labute approximate surface area is 185 Å². The van der Waals surface area contributed by atoms with E-state index in [0.29, 0.717) is 17.6 Å². The molecule has 0 spiro atoms. The van der Waals surface area contributed by atoms with Crippen molar-refractivity contribution in [1.29, 1.82) is 0 Å². The molecule has 4 aliphatic rings. The normalized spacial score (nSPS) is 46.5. The molecule has 4 aliphatic carbocycles. The predicted molar refractivity (Wildman–Crippen MR) is 119 cm³/mol. The molecule has 0 bridgehead atoms. The van der Waals surface area contributed by atoms with Crippen molar-refractivity contribution in [3.63, 3.8) is 0 Å². The highest BCUT2D eigenvalue weighted by Crippen LogP contribution is 2.73. The van der Waals surface area contributed by atoms with Crippen LogP contribution in [0.2, 0.25) is 0 Å². The molecule has 0 aliphatic heterocycles. The number of methoxy groups -OCH3 is 1. The molecule has 0 amide bonds. The van der Waals surface area contributed by atoms with Crippen molar-refractivity contribution in [2.45, 2.75) is 72.6 Å². The fraction of sp³-hybridized carbons (Fsp3) is 0.704. The zero-order valence-electron chi connectivity index (χ0n) is 19.6. The molecule has 1 heterocycles. The van der Waals surface area contributed by atoms with E-state index in [1.165, 1.54) is 7.11 Å². The molecule has 3 saturated carbocycles. The fourth-order valence-electron chi connectivity index (χ4n) is 9.31. The highest BCUT2D eigenvalue weighted by molar-refractivity contribution is 6.06. The molecule has 0 saturated heterocycles. The average Bonchev–Trinajstić information content (AvgIpc) is 3.33. The molecular weight excluding hydrogens is 388 g/mol. The van der Waals surface area contributed by atoms with Crippen LogP contribution in [0, 0.1) is 39.4 Å². The number of allylic oxidation sites excluding steroid dienone is 2. The lowest BCUT2D eigenvalue weighted by Crippen LogP contribution is -2.62. The highest BCUT2D eigenvalue weighted by atomic mass is 16.5. The number of ketones is 1. The van der Waals surface area contributed by atoms with Crippen molar-refractivity contribution in [3.8, 4) is 0 Å². The van der Waals surface area contributed by atoms with Gasteiger partial charge in [0.2, 0.25) is 0 Å². The second kappa shape index (κ2) is 6.59. The van der Waals surface area contributed by atoms with Gasteiger partial charge in [-0.15, -0.1) is 0 Å². The first-order chi connectivity index (χ1) is 14.6. The summed E-state index contributed by atoms with van der Waals surface area (Å²) in [6.07, 6.45) is 12.6. The number of esters is 1. The van der Waals surface area contributed by atoms with Gasteiger partial charge in [-0.05, 0) is 85.8 Å². The van der Waals surface area contributed by atoms with Gasteiger partial charge < -0.3 is 9.15 Å². The molecule has 0 aromatic carbocycles. The highest BCUT2D eigenvalue weighted by Gasteiger charge is 2.68. The van der Waals surface area contributed by atoms with E-state index in [9.17, 15) is 9.59 Å². The lowest BCUT2D eigenvalue weighted by molar-refractivity contribution is -0.198. The van der Waals surface area contributed by atoms with Gasteiger partial charge >= 0.3 is 5.97 Å². The van der Waals surface area contributed by atoms with Crippen molar-refractivity contribution in [1.82, 2.24) is 0 Å². The van der Waals surface area contributed by atoms with Crippen LogP contribution in [0.25, 0.3) is 5.57 Å². The van der Waals surface area contributed by atoms with E-state index in [-0.39, 0.29) is 28.1 Å². The SMILES string of the molecule is COC(=O)[C@@]1(C)CCC[C@@]2(C)C1CC[C@]1(C)C2CC[C@@]2(C)C(c3ccoc3)=CC(=O)[C@H]21. The monoisotopic (exact) mass is 424 g/mol. The van der Waals surface area contributed by atoms with E-state index in [2.05, 4.69) is 27.7 Å². The summed E-state index contributed by atoms with van der Waals surface area (Å²) in [4.78, 5) is 26.4. The Morgan fingerprint density at radius 2 is 1.77 bits per heavy atom. The van der Waals surface area contributed by atoms with Crippen LogP contribution in [0.4, 0.5) is 0 Å². The van der Waals surface area contributed by atoms with Crippen LogP contribution in [0.3, 0.4) is 0 Å². The third-order valence-electron chi connectivity index (χ3n) is 10.5. The predicted octanol–water partition coefficient (Wildman–Crippen LogP) is 6.06. The van der Waals surface area contributed by atoms with Crippen LogP contribution in [0.1, 0.15) is 78.2 Å². The molecular formula is C27H36O4. The fourth-order valence-corrected chi connectivity index (χ4v) is 9.31. The van der Waals surface area contributed by atoms with E-state index in [1.54, 1.807) is 12.5 Å². The average molecular weight is 425 g/mol. The summed E-state index contributed by atoms with van der Waals surface area (Å²) in [5.41, 5.74) is 1.67. The number of furan rings is 1. The third kappa shape index (κ3) is 2.54. The summed E-state index contributed by atoms with van der Waals surface area (Å²) in [5, 5.41) is 0. The van der Waals surface area contributed by atoms with Gasteiger partial charge in [-0.25, -0.2) is 0 Å². The van der Waals surface area contributed by atoms with Gasteiger partial charge in [-0.1, -0.05) is 27.2 Å². The molecule has 5 rings (SSSR count). The van der Waals surface area contributed by atoms with E-state index < -0.39 is 5.41 Å². The minimum atomic E-state index is -0.413. The van der Waals surface area contributed by atoms with Gasteiger partial charge in [-0.2, -0.15) is 0 Å². The molecule has 1 aromatic heterocycles. The van der Waals surface area contributed by atoms with Crippen LogP contribution < -0.4 is 0 Å². The second-order valence-corrected chi connectivity index (χ2v) is 11.8. The topological polar surface area (TPSA) is 56.5 Å². The Morgan fingerprint density at radius 3 is 2.45 bits per heavy atom. The molecule has 0 radical (unpaired) electrons. The smallest absolute Gasteiger partial charge is 0.311 e. The van der Waals surface area contributed by atoms with Crippen molar-refractivity contribution in [2.24, 2.45) is 39.4 Å². The Kier molecular flexibility index (Phi) is 4.47. The molecule has 168 valence electrons. The Morgan fingerprint density at radius 1 is 1.03 bits per heavy atom. The van der Waals surface area contributed by atoms with Gasteiger partial charge in [0.15, 0.2) is 5.78 Å². The first-order valence-electron chi connectivity index (χ1n) is 12.0. The summed E-state index contributed by atoms with van der Waals surface area (Å²) >= 11 is 0. The quantitative estimate of drug-likeness (QED) is 0.541. The maximum atomic E-state index is 13.5. The molecule has 0 N–H and O–H groups in total. The van der Waals surface area contributed by atoms with E-state index in [1.807, 2.05) is 12.1 Å². The van der Waals surface area contributed by atoms with Crippen LogP contribution in [-0.4, -0.2) is 18.9 Å². The number of hydrogen-bond donors (Lipinski definition) is 0. The molecule has 31 heavy (non-hydrogen) atoms. The number of ether oxygens (including phenoxy) is 1. The maximum Gasteiger partial charge on any atom is 0.311 e. The molecule has 2 unspecified atom stereocenters. The molecule has 4 nitrogen and oxygen atoms in total. The maximum absolute atomic E-state index is 13.5. The minimum absolute atomic E-state index is 0.00716. The summed E-state index contributed by atoms with van der Waals surface area (Å²) in [6, 6.07) is 1.99. The van der Waals surface area contributed by atoms with Crippen LogP contribution in [0.15, 0.2) is 29.1 Å². The van der Waals surface area contributed by atoms with Gasteiger partial charge in [-0.3, -0.25) is 9.59 Å². The number of fused-ring (bicyclic) bond motifs is 5. The van der Waals surface area contributed by atoms with Gasteiger partial charge in [0.05, 0.1) is 25.1 Å². The summed E-state index contributed by atoms with van der Waals surface area (Å²) in [7, 11) is 1.53. The zero-order chi connectivity index (χ0) is 22.2. The number of rotatable bonds is 2. The second-order valence-electron chi connectivity index (χ2n) is 11.8. The third-order valence-corrected chi connectivity index (χ3v) is 10.5. The number of hydrogen-bond acceptors (Lipinski definition) is 4. The molecule has 3 fully saturated rings. The number of carbonyl (C=O) groups excluding carboxylic acids is 2. The van der Waals surface area contributed by atoms with Gasteiger partial charge in [0.1, 0.15) is 0 Å². The van der Waals surface area contributed by atoms with Crippen molar-refractivity contribution >= 4 is 17.3 Å². The summed E-state index contributed by atoms with van der Waals surface area (Å²) < 4.78 is 10.7. The molecule has 4 heteroatoms. The van der Waals surface area contributed by atoms with Crippen molar-refractivity contribution in [2.75, 3.05) is 7.11 Å². The Hall–Kier alpha value is -1.84. The van der Waals surface area contributed by atoms with Gasteiger partial charge in [0, 0.05) is 16.9 Å².